The van der Waals surface area contributed by atoms with E-state index in [2.05, 4.69) is 36.1 Å². The van der Waals surface area contributed by atoms with Crippen molar-refractivity contribution >= 4 is 0 Å². The number of likely N-dealkylation sites (N-methyl/N-ethyl adjacent to an activating group) is 1. The number of hydrogen-bond donors (Lipinski definition) is 1. The van der Waals surface area contributed by atoms with E-state index in [1.165, 1.54) is 32.5 Å². The quantitative estimate of drug-likeness (QED) is 0.677. The van der Waals surface area contributed by atoms with Crippen LogP contribution >= 0.6 is 0 Å². The summed E-state index contributed by atoms with van der Waals surface area (Å²) in [5.74, 6) is 0. The lowest BCUT2D eigenvalue weighted by molar-refractivity contribution is 0.0696. The van der Waals surface area contributed by atoms with Crippen molar-refractivity contribution in [2.24, 2.45) is 0 Å². The first-order chi connectivity index (χ1) is 8.22. The molecule has 0 aromatic carbocycles. The van der Waals surface area contributed by atoms with Crippen molar-refractivity contribution in [1.29, 1.82) is 0 Å². The summed E-state index contributed by atoms with van der Waals surface area (Å²) in [6.45, 7) is 9.73. The minimum Gasteiger partial charge on any atom is -0.379 e. The summed E-state index contributed by atoms with van der Waals surface area (Å²) in [4.78, 5) is 4.82. The predicted molar refractivity (Wildman–Crippen MR) is 72.5 cm³/mol. The maximum Gasteiger partial charge on any atom is 0.0620 e. The highest BCUT2D eigenvalue weighted by molar-refractivity contribution is 4.72. The van der Waals surface area contributed by atoms with Crippen molar-refractivity contribution in [3.05, 3.63) is 0 Å². The van der Waals surface area contributed by atoms with E-state index in [4.69, 9.17) is 4.74 Å². The normalized spacial score (nSPS) is 21.4. The zero-order valence-electron chi connectivity index (χ0n) is 11.7. The van der Waals surface area contributed by atoms with Gasteiger partial charge in [-0.05, 0) is 40.0 Å². The molecular weight excluding hydrogens is 214 g/mol. The number of ether oxygens (including phenoxy) is 1. The third-order valence-electron chi connectivity index (χ3n) is 3.20. The largest absolute Gasteiger partial charge is 0.379 e. The molecule has 0 amide bonds. The summed E-state index contributed by atoms with van der Waals surface area (Å²) in [7, 11) is 4.28. The molecule has 0 aromatic heterocycles. The Morgan fingerprint density at radius 2 is 2.00 bits per heavy atom. The zero-order valence-corrected chi connectivity index (χ0v) is 11.7. The summed E-state index contributed by atoms with van der Waals surface area (Å²) in [6, 6.07) is 0.558. The van der Waals surface area contributed by atoms with Crippen LogP contribution in [0.3, 0.4) is 0 Å². The second-order valence-corrected chi connectivity index (χ2v) is 5.16. The van der Waals surface area contributed by atoms with E-state index in [9.17, 15) is 0 Å². The summed E-state index contributed by atoms with van der Waals surface area (Å²) in [6.07, 6.45) is 2.44. The highest BCUT2D eigenvalue weighted by Crippen LogP contribution is 2.02. The maximum atomic E-state index is 5.48. The molecular formula is C13H29N3O. The topological polar surface area (TPSA) is 27.7 Å². The Labute approximate surface area is 106 Å². The van der Waals surface area contributed by atoms with Gasteiger partial charge in [-0.2, -0.15) is 0 Å². The molecule has 1 aliphatic rings. The molecule has 1 aliphatic heterocycles. The Bertz CT molecular complexity index is 182. The first-order valence-corrected chi connectivity index (χ1v) is 6.90. The third kappa shape index (κ3) is 6.99. The van der Waals surface area contributed by atoms with Gasteiger partial charge in [-0.25, -0.2) is 0 Å². The minimum absolute atomic E-state index is 0.558. The van der Waals surface area contributed by atoms with Crippen molar-refractivity contribution in [3.8, 4) is 0 Å². The molecule has 1 fully saturated rings. The van der Waals surface area contributed by atoms with Crippen LogP contribution in [0.5, 0.6) is 0 Å². The number of rotatable bonds is 8. The SMILES string of the molecule is CCCN(CCC1COCCN1)CCN(C)C. The monoisotopic (exact) mass is 243 g/mol. The van der Waals surface area contributed by atoms with Gasteiger partial charge in [0.25, 0.3) is 0 Å². The molecule has 0 saturated carbocycles. The summed E-state index contributed by atoms with van der Waals surface area (Å²) < 4.78 is 5.48. The average molecular weight is 243 g/mol. The van der Waals surface area contributed by atoms with Gasteiger partial charge in [-0.15, -0.1) is 0 Å². The fourth-order valence-corrected chi connectivity index (χ4v) is 2.14. The Morgan fingerprint density at radius 3 is 2.59 bits per heavy atom. The first-order valence-electron chi connectivity index (χ1n) is 6.90. The maximum absolute atomic E-state index is 5.48. The van der Waals surface area contributed by atoms with Gasteiger partial charge < -0.3 is 19.9 Å². The average Bonchev–Trinajstić information content (AvgIpc) is 2.34. The summed E-state index contributed by atoms with van der Waals surface area (Å²) in [5.41, 5.74) is 0. The Kier molecular flexibility index (Phi) is 7.77. The van der Waals surface area contributed by atoms with Gasteiger partial charge in [0.15, 0.2) is 0 Å². The smallest absolute Gasteiger partial charge is 0.0620 e. The van der Waals surface area contributed by atoms with Crippen LogP contribution in [-0.4, -0.2) is 75.9 Å². The molecule has 1 heterocycles. The number of nitrogens with one attached hydrogen (secondary N) is 1. The van der Waals surface area contributed by atoms with Crippen LogP contribution in [0.15, 0.2) is 0 Å². The first kappa shape index (κ1) is 14.9. The molecule has 0 radical (unpaired) electrons. The van der Waals surface area contributed by atoms with E-state index < -0.39 is 0 Å². The van der Waals surface area contributed by atoms with E-state index in [-0.39, 0.29) is 0 Å². The number of morpholine rings is 1. The van der Waals surface area contributed by atoms with Crippen molar-refractivity contribution in [2.75, 3.05) is 60.0 Å². The minimum atomic E-state index is 0.558. The third-order valence-corrected chi connectivity index (χ3v) is 3.20. The molecule has 1 rings (SSSR count). The van der Waals surface area contributed by atoms with Crippen LogP contribution in [0.2, 0.25) is 0 Å². The number of hydrogen-bond acceptors (Lipinski definition) is 4. The molecule has 1 unspecified atom stereocenters. The van der Waals surface area contributed by atoms with E-state index in [1.807, 2.05) is 0 Å². The van der Waals surface area contributed by atoms with E-state index in [0.29, 0.717) is 6.04 Å². The Balaban J connectivity index is 2.17. The Morgan fingerprint density at radius 1 is 1.18 bits per heavy atom. The van der Waals surface area contributed by atoms with Crippen LogP contribution in [-0.2, 0) is 4.74 Å². The molecule has 0 aromatic rings. The van der Waals surface area contributed by atoms with Gasteiger partial charge in [0.1, 0.15) is 0 Å². The zero-order chi connectivity index (χ0) is 12.5. The molecule has 1 saturated heterocycles. The van der Waals surface area contributed by atoms with Crippen molar-refractivity contribution in [2.45, 2.75) is 25.8 Å². The highest BCUT2D eigenvalue weighted by atomic mass is 16.5. The molecule has 0 spiro atoms. The molecule has 102 valence electrons. The van der Waals surface area contributed by atoms with Crippen molar-refractivity contribution in [3.63, 3.8) is 0 Å². The molecule has 4 nitrogen and oxygen atoms in total. The van der Waals surface area contributed by atoms with Gasteiger partial charge in [0.2, 0.25) is 0 Å². The predicted octanol–water partition coefficient (Wildman–Crippen LogP) is 0.639. The van der Waals surface area contributed by atoms with E-state index >= 15 is 0 Å². The lowest BCUT2D eigenvalue weighted by Gasteiger charge is -2.28. The lowest BCUT2D eigenvalue weighted by atomic mass is 10.2. The summed E-state index contributed by atoms with van der Waals surface area (Å²) >= 11 is 0. The molecule has 1 atom stereocenters. The van der Waals surface area contributed by atoms with Gasteiger partial charge in [0, 0.05) is 25.7 Å². The van der Waals surface area contributed by atoms with Gasteiger partial charge in [-0.3, -0.25) is 0 Å². The summed E-state index contributed by atoms with van der Waals surface area (Å²) in [5, 5.41) is 3.52. The molecule has 17 heavy (non-hydrogen) atoms. The second-order valence-electron chi connectivity index (χ2n) is 5.16. The molecule has 0 aliphatic carbocycles. The van der Waals surface area contributed by atoms with E-state index in [1.54, 1.807) is 0 Å². The second kappa shape index (κ2) is 8.86. The highest BCUT2D eigenvalue weighted by Gasteiger charge is 2.14. The van der Waals surface area contributed by atoms with Crippen LogP contribution in [0, 0.1) is 0 Å². The molecule has 0 bridgehead atoms. The fourth-order valence-electron chi connectivity index (χ4n) is 2.14. The van der Waals surface area contributed by atoms with E-state index in [0.717, 1.165) is 26.3 Å². The number of nitrogens with zero attached hydrogens (tertiary/aromatic N) is 2. The van der Waals surface area contributed by atoms with Gasteiger partial charge in [0.05, 0.1) is 13.2 Å². The fraction of sp³-hybridized carbons (Fsp3) is 1.00. The Hall–Kier alpha value is -0.160. The van der Waals surface area contributed by atoms with Gasteiger partial charge >= 0.3 is 0 Å². The van der Waals surface area contributed by atoms with Crippen LogP contribution in [0.4, 0.5) is 0 Å². The van der Waals surface area contributed by atoms with Gasteiger partial charge in [-0.1, -0.05) is 6.92 Å². The van der Waals surface area contributed by atoms with Crippen molar-refractivity contribution in [1.82, 2.24) is 15.1 Å². The van der Waals surface area contributed by atoms with Crippen LogP contribution in [0.25, 0.3) is 0 Å². The molecule has 4 heteroatoms. The van der Waals surface area contributed by atoms with Crippen LogP contribution in [0.1, 0.15) is 19.8 Å². The standard InChI is InChI=1S/C13H29N3O/c1-4-7-16(10-9-15(2)3)8-5-13-12-17-11-6-14-13/h13-14H,4-12H2,1-3H3. The van der Waals surface area contributed by atoms with Crippen molar-refractivity contribution < 1.29 is 4.74 Å². The molecule has 1 N–H and O–H groups in total. The van der Waals surface area contributed by atoms with Crippen LogP contribution < -0.4 is 5.32 Å². The lowest BCUT2D eigenvalue weighted by Crippen LogP contribution is -2.44.